The molecule has 4 N–H and O–H groups in total. The summed E-state index contributed by atoms with van der Waals surface area (Å²) < 4.78 is 0. The molecule has 0 spiro atoms. The Hall–Kier alpha value is -3.22. The molecule has 1 fully saturated rings. The van der Waals surface area contributed by atoms with E-state index >= 15 is 0 Å². The van der Waals surface area contributed by atoms with Crippen molar-refractivity contribution in [1.82, 2.24) is 4.90 Å². The molecule has 0 bridgehead atoms. The number of piperidine rings is 1. The Labute approximate surface area is 228 Å². The zero-order chi connectivity index (χ0) is 27.2. The summed E-state index contributed by atoms with van der Waals surface area (Å²) in [5, 5.41) is 7.87. The zero-order valence-electron chi connectivity index (χ0n) is 23.0. The van der Waals surface area contributed by atoms with Crippen LogP contribution in [0.25, 0.3) is 10.8 Å². The number of fused-ring (bicyclic) bond motifs is 1. The van der Waals surface area contributed by atoms with Gasteiger partial charge in [0.05, 0.1) is 6.54 Å². The molecule has 0 unspecified atom stereocenters. The Balaban J connectivity index is 0.000000241. The van der Waals surface area contributed by atoms with Gasteiger partial charge in [-0.1, -0.05) is 81.1 Å². The summed E-state index contributed by atoms with van der Waals surface area (Å²) in [5.41, 5.74) is 8.44. The van der Waals surface area contributed by atoms with Crippen molar-refractivity contribution >= 4 is 34.0 Å². The topological polar surface area (TPSA) is 87.5 Å². The quantitative estimate of drug-likeness (QED) is 0.267. The smallest absolute Gasteiger partial charge is 0.238 e. The van der Waals surface area contributed by atoms with E-state index in [9.17, 15) is 9.59 Å². The molecular weight excluding hydrogens is 472 g/mol. The normalized spacial score (nSPS) is 14.0. The molecule has 1 aliphatic rings. The lowest BCUT2D eigenvalue weighted by molar-refractivity contribution is -0.115. The van der Waals surface area contributed by atoms with Crippen molar-refractivity contribution in [3.8, 4) is 0 Å². The molecule has 1 saturated heterocycles. The van der Waals surface area contributed by atoms with Crippen LogP contribution in [-0.4, -0.2) is 42.9 Å². The third-order valence-corrected chi connectivity index (χ3v) is 7.09. The first-order chi connectivity index (χ1) is 18.5. The summed E-state index contributed by atoms with van der Waals surface area (Å²) in [7, 11) is 0. The highest BCUT2D eigenvalue weighted by Crippen LogP contribution is 2.29. The maximum absolute atomic E-state index is 11.4. The van der Waals surface area contributed by atoms with Crippen molar-refractivity contribution < 1.29 is 9.59 Å². The molecule has 3 aromatic carbocycles. The summed E-state index contributed by atoms with van der Waals surface area (Å²) in [5.74, 6) is 0.433. The van der Waals surface area contributed by atoms with Gasteiger partial charge < -0.3 is 21.3 Å². The van der Waals surface area contributed by atoms with Gasteiger partial charge in [0.15, 0.2) is 0 Å². The van der Waals surface area contributed by atoms with E-state index in [0.29, 0.717) is 5.92 Å². The van der Waals surface area contributed by atoms with Crippen molar-refractivity contribution in [3.05, 3.63) is 72.3 Å². The number of amides is 2. The maximum atomic E-state index is 11.4. The zero-order valence-corrected chi connectivity index (χ0v) is 23.0. The molecule has 0 aromatic heterocycles. The number of benzene rings is 3. The van der Waals surface area contributed by atoms with Gasteiger partial charge in [0.25, 0.3) is 0 Å². The van der Waals surface area contributed by atoms with Crippen molar-refractivity contribution in [2.24, 2.45) is 5.73 Å². The van der Waals surface area contributed by atoms with Crippen LogP contribution in [-0.2, 0) is 9.59 Å². The number of carbonyl (C=O) groups excluding carboxylic acids is 2. The molecule has 0 aliphatic carbocycles. The second-order valence-corrected chi connectivity index (χ2v) is 10.1. The fourth-order valence-electron chi connectivity index (χ4n) is 5.04. The molecule has 1 aliphatic heterocycles. The number of hydrogen-bond donors (Lipinski definition) is 3. The Kier molecular flexibility index (Phi) is 12.3. The largest absolute Gasteiger partial charge is 0.326 e. The fraction of sp³-hybridized carbons (Fsp3) is 0.438. The lowest BCUT2D eigenvalue weighted by Crippen LogP contribution is -2.33. The van der Waals surface area contributed by atoms with Crippen molar-refractivity contribution in [3.63, 3.8) is 0 Å². The molecule has 0 radical (unpaired) electrons. The van der Waals surface area contributed by atoms with Gasteiger partial charge in [-0.2, -0.15) is 0 Å². The van der Waals surface area contributed by atoms with E-state index in [1.54, 1.807) is 0 Å². The van der Waals surface area contributed by atoms with Gasteiger partial charge >= 0.3 is 0 Å². The lowest BCUT2D eigenvalue weighted by atomic mass is 9.89. The molecule has 2 amide bonds. The monoisotopic (exact) mass is 516 g/mol. The molecule has 204 valence electrons. The predicted octanol–water partition coefficient (Wildman–Crippen LogP) is 6.53. The van der Waals surface area contributed by atoms with Crippen molar-refractivity contribution in [2.45, 2.75) is 64.7 Å². The highest BCUT2D eigenvalue weighted by molar-refractivity contribution is 6.01. The standard InChI is InChI=1S/C20H33N3O.C12H11NO/c1-2-3-4-5-6-12-23-13-10-17(11-14-23)18-8-7-9-19(15-18)22-20(24)16-21;1-9(14)13-12-8-4-6-10-5-2-3-7-11(10)12/h7-9,15,17H,2-6,10-14,16,21H2,1H3,(H,22,24);2-8H,1H3,(H,13,14). The molecule has 1 heterocycles. The van der Waals surface area contributed by atoms with Crippen LogP contribution in [0.5, 0.6) is 0 Å². The van der Waals surface area contributed by atoms with Crippen LogP contribution in [0.15, 0.2) is 66.7 Å². The average molecular weight is 517 g/mol. The summed E-state index contributed by atoms with van der Waals surface area (Å²) in [6.45, 7) is 7.45. The lowest BCUT2D eigenvalue weighted by Gasteiger charge is -2.32. The number of nitrogens with two attached hydrogens (primary N) is 1. The first-order valence-electron chi connectivity index (χ1n) is 14.1. The second-order valence-electron chi connectivity index (χ2n) is 10.1. The predicted molar refractivity (Wildman–Crippen MR) is 160 cm³/mol. The molecule has 3 aromatic rings. The van der Waals surface area contributed by atoms with Crippen molar-refractivity contribution in [1.29, 1.82) is 0 Å². The van der Waals surface area contributed by atoms with E-state index in [1.165, 1.54) is 77.1 Å². The van der Waals surface area contributed by atoms with Crippen LogP contribution in [0.4, 0.5) is 11.4 Å². The maximum Gasteiger partial charge on any atom is 0.238 e. The van der Waals surface area contributed by atoms with Crippen LogP contribution < -0.4 is 16.4 Å². The molecule has 0 saturated carbocycles. The Morgan fingerprint density at radius 1 is 0.895 bits per heavy atom. The Morgan fingerprint density at radius 3 is 2.34 bits per heavy atom. The molecule has 38 heavy (non-hydrogen) atoms. The molecule has 6 heteroatoms. The van der Waals surface area contributed by atoms with Crippen LogP contribution in [0.2, 0.25) is 0 Å². The van der Waals surface area contributed by atoms with Crippen LogP contribution in [0.1, 0.15) is 70.3 Å². The van der Waals surface area contributed by atoms with E-state index in [1.807, 2.05) is 54.6 Å². The molecule has 0 atom stereocenters. The summed E-state index contributed by atoms with van der Waals surface area (Å²) in [6, 6.07) is 22.1. The van der Waals surface area contributed by atoms with Gasteiger partial charge in [-0.25, -0.2) is 0 Å². The van der Waals surface area contributed by atoms with Gasteiger partial charge in [-0.15, -0.1) is 0 Å². The Morgan fingerprint density at radius 2 is 1.61 bits per heavy atom. The average Bonchev–Trinajstić information content (AvgIpc) is 2.94. The minimum absolute atomic E-state index is 0.0286. The van der Waals surface area contributed by atoms with Gasteiger partial charge in [-0.3, -0.25) is 9.59 Å². The molecule has 4 rings (SSSR count). The number of nitrogens with zero attached hydrogens (tertiary/aromatic N) is 1. The van der Waals surface area contributed by atoms with Gasteiger partial charge in [-0.05, 0) is 74.0 Å². The van der Waals surface area contributed by atoms with E-state index in [-0.39, 0.29) is 18.4 Å². The van der Waals surface area contributed by atoms with Crippen LogP contribution in [0.3, 0.4) is 0 Å². The van der Waals surface area contributed by atoms with E-state index in [0.717, 1.165) is 22.1 Å². The minimum atomic E-state index is -0.134. The first-order valence-corrected chi connectivity index (χ1v) is 14.1. The number of anilines is 2. The van der Waals surface area contributed by atoms with Gasteiger partial charge in [0.2, 0.25) is 11.8 Å². The number of unbranched alkanes of at least 4 members (excludes halogenated alkanes) is 4. The third-order valence-electron chi connectivity index (χ3n) is 7.09. The summed E-state index contributed by atoms with van der Waals surface area (Å²) in [6.07, 6.45) is 9.21. The van der Waals surface area contributed by atoms with Gasteiger partial charge in [0, 0.05) is 23.7 Å². The van der Waals surface area contributed by atoms with E-state index in [2.05, 4.69) is 34.6 Å². The summed E-state index contributed by atoms with van der Waals surface area (Å²) >= 11 is 0. The number of likely N-dealkylation sites (tertiary alicyclic amines) is 1. The number of carbonyl (C=O) groups is 2. The molecule has 6 nitrogen and oxygen atoms in total. The Bertz CT molecular complexity index is 1150. The third kappa shape index (κ3) is 9.58. The van der Waals surface area contributed by atoms with E-state index < -0.39 is 0 Å². The number of nitrogens with one attached hydrogen (secondary N) is 2. The van der Waals surface area contributed by atoms with Crippen LogP contribution >= 0.6 is 0 Å². The molecular formula is C32H44N4O2. The second kappa shape index (κ2) is 15.9. The highest BCUT2D eigenvalue weighted by atomic mass is 16.2. The van der Waals surface area contributed by atoms with Crippen molar-refractivity contribution in [2.75, 3.05) is 36.8 Å². The van der Waals surface area contributed by atoms with E-state index in [4.69, 9.17) is 5.73 Å². The van der Waals surface area contributed by atoms with Gasteiger partial charge in [0.1, 0.15) is 0 Å². The number of rotatable bonds is 10. The first kappa shape index (κ1) is 29.3. The number of hydrogen-bond acceptors (Lipinski definition) is 4. The SMILES string of the molecule is CC(=O)Nc1cccc2ccccc12.CCCCCCCN1CCC(c2cccc(NC(=O)CN)c2)CC1. The minimum Gasteiger partial charge on any atom is -0.326 e. The van der Waals surface area contributed by atoms with Crippen LogP contribution in [0, 0.1) is 0 Å². The highest BCUT2D eigenvalue weighted by Gasteiger charge is 2.20. The summed E-state index contributed by atoms with van der Waals surface area (Å²) in [4.78, 5) is 25.0. The fourth-order valence-corrected chi connectivity index (χ4v) is 5.04.